The van der Waals surface area contributed by atoms with Crippen LogP contribution in [0.3, 0.4) is 0 Å². The number of piperidine rings is 1. The van der Waals surface area contributed by atoms with Crippen LogP contribution in [0.4, 0.5) is 11.5 Å². The Morgan fingerprint density at radius 3 is 2.70 bits per heavy atom. The standard InChI is InChI=1S/C24H34N8O/c1-16(2)32-8-6-17(7-9-32)13-26-18-4-5-20(22(10-18)33-3)21-11-23(31-30-21)29-24-15-27-19(12-25)14-28-24/h4-5,10,14-17,21,23,26,30-31H,6-9,11,13H2,1-3H3,(H,28,29). The zero-order chi connectivity index (χ0) is 23.2. The lowest BCUT2D eigenvalue weighted by atomic mass is 9.95. The highest BCUT2D eigenvalue weighted by Gasteiger charge is 2.27. The van der Waals surface area contributed by atoms with Crippen LogP contribution < -0.4 is 26.2 Å². The predicted molar refractivity (Wildman–Crippen MR) is 129 cm³/mol. The molecule has 176 valence electrons. The molecule has 2 aliphatic rings. The third kappa shape index (κ3) is 5.90. The molecule has 0 saturated carbocycles. The van der Waals surface area contributed by atoms with Gasteiger partial charge in [-0.1, -0.05) is 6.07 Å². The van der Waals surface area contributed by atoms with Crippen LogP contribution in [0.25, 0.3) is 0 Å². The molecule has 0 amide bonds. The Bertz CT molecular complexity index is 950. The largest absolute Gasteiger partial charge is 0.496 e. The van der Waals surface area contributed by atoms with E-state index in [-0.39, 0.29) is 12.2 Å². The first kappa shape index (κ1) is 23.2. The third-order valence-corrected chi connectivity index (χ3v) is 6.57. The number of nitrogens with one attached hydrogen (secondary N) is 4. The summed E-state index contributed by atoms with van der Waals surface area (Å²) >= 11 is 0. The monoisotopic (exact) mass is 450 g/mol. The van der Waals surface area contributed by atoms with Gasteiger partial charge in [0.2, 0.25) is 0 Å². The number of hydrogen-bond donors (Lipinski definition) is 4. The Morgan fingerprint density at radius 2 is 2.03 bits per heavy atom. The molecule has 9 nitrogen and oxygen atoms in total. The van der Waals surface area contributed by atoms with Crippen molar-refractivity contribution < 1.29 is 4.74 Å². The summed E-state index contributed by atoms with van der Waals surface area (Å²) < 4.78 is 5.72. The van der Waals surface area contributed by atoms with Crippen molar-refractivity contribution in [2.75, 3.05) is 37.4 Å². The normalized spacial score (nSPS) is 21.7. The Balaban J connectivity index is 1.31. The lowest BCUT2D eigenvalue weighted by Crippen LogP contribution is -2.39. The number of hydrogen-bond acceptors (Lipinski definition) is 9. The van der Waals surface area contributed by atoms with Gasteiger partial charge in [0.05, 0.1) is 31.7 Å². The van der Waals surface area contributed by atoms with Gasteiger partial charge in [0, 0.05) is 36.3 Å². The van der Waals surface area contributed by atoms with Crippen molar-refractivity contribution in [2.45, 2.75) is 51.4 Å². The molecule has 3 heterocycles. The first-order valence-corrected chi connectivity index (χ1v) is 11.7. The lowest BCUT2D eigenvalue weighted by molar-refractivity contribution is 0.154. The van der Waals surface area contributed by atoms with Crippen molar-refractivity contribution >= 4 is 11.5 Å². The molecule has 1 aromatic carbocycles. The van der Waals surface area contributed by atoms with Crippen LogP contribution in [0, 0.1) is 17.2 Å². The smallest absolute Gasteiger partial charge is 0.158 e. The predicted octanol–water partition coefficient (Wildman–Crippen LogP) is 2.87. The van der Waals surface area contributed by atoms with Crippen LogP contribution in [0.15, 0.2) is 30.6 Å². The summed E-state index contributed by atoms with van der Waals surface area (Å²) in [4.78, 5) is 10.8. The molecule has 2 aromatic rings. The highest BCUT2D eigenvalue weighted by Crippen LogP contribution is 2.33. The minimum Gasteiger partial charge on any atom is -0.496 e. The second kappa shape index (κ2) is 10.8. The molecule has 0 bridgehead atoms. The van der Waals surface area contributed by atoms with Crippen molar-refractivity contribution in [2.24, 2.45) is 5.92 Å². The van der Waals surface area contributed by atoms with Crippen molar-refractivity contribution in [3.8, 4) is 11.8 Å². The summed E-state index contributed by atoms with van der Waals surface area (Å²) in [7, 11) is 1.72. The maximum absolute atomic E-state index is 8.86. The van der Waals surface area contributed by atoms with Gasteiger partial charge in [-0.05, 0) is 51.8 Å². The quantitative estimate of drug-likeness (QED) is 0.482. The molecule has 1 aromatic heterocycles. The number of nitriles is 1. The molecule has 9 heteroatoms. The number of aromatic nitrogens is 2. The van der Waals surface area contributed by atoms with Crippen molar-refractivity contribution in [1.82, 2.24) is 25.7 Å². The number of ether oxygens (including phenoxy) is 1. The Hall–Kier alpha value is -2.93. The summed E-state index contributed by atoms with van der Waals surface area (Å²) in [6.45, 7) is 7.93. The van der Waals surface area contributed by atoms with Gasteiger partial charge in [-0.2, -0.15) is 5.26 Å². The minimum atomic E-state index is -0.0172. The fourth-order valence-corrected chi connectivity index (χ4v) is 4.54. The van der Waals surface area contributed by atoms with Crippen LogP contribution in [0.1, 0.15) is 50.4 Å². The summed E-state index contributed by atoms with van der Waals surface area (Å²) in [5.74, 6) is 2.20. The van der Waals surface area contributed by atoms with Gasteiger partial charge < -0.3 is 20.3 Å². The number of hydrazine groups is 1. The van der Waals surface area contributed by atoms with Crippen LogP contribution in [-0.4, -0.2) is 53.8 Å². The second-order valence-electron chi connectivity index (χ2n) is 9.08. The number of rotatable bonds is 8. The van der Waals surface area contributed by atoms with Crippen LogP contribution in [-0.2, 0) is 0 Å². The average molecular weight is 451 g/mol. The number of anilines is 2. The van der Waals surface area contributed by atoms with Crippen LogP contribution in [0.2, 0.25) is 0 Å². The summed E-state index contributed by atoms with van der Waals surface area (Å²) in [5, 5.41) is 15.8. The summed E-state index contributed by atoms with van der Waals surface area (Å²) in [5.41, 5.74) is 9.10. The van der Waals surface area contributed by atoms with Crippen molar-refractivity contribution in [3.05, 3.63) is 41.9 Å². The number of benzene rings is 1. The van der Waals surface area contributed by atoms with E-state index >= 15 is 0 Å². The third-order valence-electron chi connectivity index (χ3n) is 6.57. The van der Waals surface area contributed by atoms with E-state index in [4.69, 9.17) is 10.00 Å². The molecule has 0 aliphatic carbocycles. The van der Waals surface area contributed by atoms with E-state index in [0.29, 0.717) is 23.5 Å². The first-order valence-electron chi connectivity index (χ1n) is 11.7. The number of likely N-dealkylation sites (tertiary alicyclic amines) is 1. The number of methoxy groups -OCH3 is 1. The molecule has 2 fully saturated rings. The maximum Gasteiger partial charge on any atom is 0.158 e. The fraction of sp³-hybridized carbons (Fsp3) is 0.542. The van der Waals surface area contributed by atoms with Gasteiger partial charge in [-0.3, -0.25) is 0 Å². The fourth-order valence-electron chi connectivity index (χ4n) is 4.54. The molecule has 0 spiro atoms. The van der Waals surface area contributed by atoms with Crippen molar-refractivity contribution in [3.63, 3.8) is 0 Å². The van der Waals surface area contributed by atoms with E-state index in [0.717, 1.165) is 30.0 Å². The van der Waals surface area contributed by atoms with Gasteiger partial charge in [0.25, 0.3) is 0 Å². The number of nitrogens with zero attached hydrogens (tertiary/aromatic N) is 4. The zero-order valence-electron chi connectivity index (χ0n) is 19.6. The molecule has 33 heavy (non-hydrogen) atoms. The molecular weight excluding hydrogens is 416 g/mol. The van der Waals surface area contributed by atoms with Crippen molar-refractivity contribution in [1.29, 1.82) is 5.26 Å². The van der Waals surface area contributed by atoms with Gasteiger partial charge in [-0.25, -0.2) is 20.8 Å². The molecule has 2 atom stereocenters. The van der Waals surface area contributed by atoms with Crippen LogP contribution in [0.5, 0.6) is 5.75 Å². The molecule has 2 saturated heterocycles. The van der Waals surface area contributed by atoms with E-state index in [1.807, 2.05) is 6.07 Å². The Morgan fingerprint density at radius 1 is 1.21 bits per heavy atom. The minimum absolute atomic E-state index is 0.0172. The van der Waals surface area contributed by atoms with Crippen LogP contribution >= 0.6 is 0 Å². The van der Waals surface area contributed by atoms with E-state index < -0.39 is 0 Å². The van der Waals surface area contributed by atoms with E-state index in [9.17, 15) is 0 Å². The summed E-state index contributed by atoms with van der Waals surface area (Å²) in [6.07, 6.45) is 6.31. The topological polar surface area (TPSA) is 110 Å². The lowest BCUT2D eigenvalue weighted by Gasteiger charge is -2.34. The summed E-state index contributed by atoms with van der Waals surface area (Å²) in [6, 6.07) is 9.07. The Labute approximate surface area is 195 Å². The molecule has 4 rings (SSSR count). The molecule has 2 aliphatic heterocycles. The maximum atomic E-state index is 8.86. The van der Waals surface area contributed by atoms with E-state index in [1.54, 1.807) is 13.3 Å². The van der Waals surface area contributed by atoms with Gasteiger partial charge in [0.1, 0.15) is 17.6 Å². The second-order valence-corrected chi connectivity index (χ2v) is 9.08. The zero-order valence-corrected chi connectivity index (χ0v) is 19.6. The van der Waals surface area contributed by atoms with Gasteiger partial charge in [-0.15, -0.1) is 0 Å². The average Bonchev–Trinajstić information content (AvgIpc) is 3.31. The molecular formula is C24H34N8O. The molecule has 2 unspecified atom stereocenters. The highest BCUT2D eigenvalue weighted by molar-refractivity contribution is 5.53. The molecule has 0 radical (unpaired) electrons. The van der Waals surface area contributed by atoms with E-state index in [1.165, 1.54) is 32.1 Å². The van der Waals surface area contributed by atoms with E-state index in [2.05, 4.69) is 68.4 Å². The SMILES string of the molecule is COc1cc(NCC2CCN(C(C)C)CC2)ccc1C1CC(Nc2cnc(C#N)cn2)NN1. The Kier molecular flexibility index (Phi) is 7.60. The van der Waals surface area contributed by atoms with Gasteiger partial charge >= 0.3 is 0 Å². The first-order chi connectivity index (χ1) is 16.1. The molecule has 4 N–H and O–H groups in total. The highest BCUT2D eigenvalue weighted by atomic mass is 16.5. The van der Waals surface area contributed by atoms with Gasteiger partial charge in [0.15, 0.2) is 5.69 Å².